The molecule has 1 aromatic carbocycles. The van der Waals surface area contributed by atoms with E-state index in [2.05, 4.69) is 21.4 Å². The number of hydrogen-bond donors (Lipinski definition) is 3. The molecule has 0 radical (unpaired) electrons. The zero-order valence-corrected chi connectivity index (χ0v) is 8.62. The molecule has 4 nitrogen and oxygen atoms in total. The molecule has 0 aliphatic carbocycles. The van der Waals surface area contributed by atoms with Crippen molar-refractivity contribution in [1.82, 2.24) is 16.3 Å². The standard InChI is InChI=1S/C8H7ClN4S/c9-6-3-1-5(2-4-6)7-10-12-8(14)13-11-7/h1-4H,(H,10,11)(H2,12,13,14). The van der Waals surface area contributed by atoms with Crippen LogP contribution >= 0.6 is 23.8 Å². The molecule has 2 rings (SSSR count). The number of rotatable bonds is 1. The molecule has 0 spiro atoms. The number of nitrogens with one attached hydrogen (secondary N) is 3. The number of nitrogens with zero attached hydrogens (tertiary/aromatic N) is 1. The smallest absolute Gasteiger partial charge is 0.205 e. The number of hydrazone groups is 1. The topological polar surface area (TPSA) is 48.5 Å². The van der Waals surface area contributed by atoms with Crippen molar-refractivity contribution in [3.63, 3.8) is 0 Å². The fourth-order valence-electron chi connectivity index (χ4n) is 1.02. The highest BCUT2D eigenvalue weighted by atomic mass is 35.5. The van der Waals surface area contributed by atoms with Gasteiger partial charge in [-0.25, -0.2) is 0 Å². The molecular formula is C8H7ClN4S. The van der Waals surface area contributed by atoms with E-state index in [1.807, 2.05) is 12.1 Å². The van der Waals surface area contributed by atoms with Crippen LogP contribution in [0.15, 0.2) is 29.4 Å². The van der Waals surface area contributed by atoms with E-state index in [0.717, 1.165) is 5.56 Å². The molecule has 1 aromatic rings. The van der Waals surface area contributed by atoms with Crippen molar-refractivity contribution in [2.45, 2.75) is 0 Å². The monoisotopic (exact) mass is 226 g/mol. The first kappa shape index (κ1) is 9.23. The van der Waals surface area contributed by atoms with Crippen molar-refractivity contribution in [2.75, 3.05) is 0 Å². The van der Waals surface area contributed by atoms with Crippen LogP contribution in [0.1, 0.15) is 5.56 Å². The normalized spacial score (nSPS) is 14.9. The van der Waals surface area contributed by atoms with Gasteiger partial charge in [0, 0.05) is 10.6 Å². The Morgan fingerprint density at radius 1 is 1.14 bits per heavy atom. The summed E-state index contributed by atoms with van der Waals surface area (Å²) in [5.41, 5.74) is 9.20. The van der Waals surface area contributed by atoms with Gasteiger partial charge >= 0.3 is 0 Å². The number of hydrogen-bond acceptors (Lipinski definition) is 3. The van der Waals surface area contributed by atoms with Crippen LogP contribution in [0.2, 0.25) is 5.02 Å². The molecule has 0 fully saturated rings. The van der Waals surface area contributed by atoms with Crippen LogP contribution in [0.3, 0.4) is 0 Å². The Morgan fingerprint density at radius 2 is 1.86 bits per heavy atom. The van der Waals surface area contributed by atoms with E-state index in [4.69, 9.17) is 23.8 Å². The quantitative estimate of drug-likeness (QED) is 0.625. The van der Waals surface area contributed by atoms with E-state index in [0.29, 0.717) is 16.0 Å². The first-order valence-corrected chi connectivity index (χ1v) is 4.70. The van der Waals surface area contributed by atoms with E-state index in [1.165, 1.54) is 0 Å². The van der Waals surface area contributed by atoms with E-state index in [-0.39, 0.29) is 0 Å². The Kier molecular flexibility index (Phi) is 2.51. The Morgan fingerprint density at radius 3 is 2.43 bits per heavy atom. The van der Waals surface area contributed by atoms with E-state index in [9.17, 15) is 0 Å². The second-order valence-corrected chi connectivity index (χ2v) is 3.50. The average molecular weight is 227 g/mol. The summed E-state index contributed by atoms with van der Waals surface area (Å²) >= 11 is 10.6. The van der Waals surface area contributed by atoms with E-state index in [1.54, 1.807) is 12.1 Å². The van der Waals surface area contributed by atoms with Gasteiger partial charge in [-0.05, 0) is 36.5 Å². The number of amidine groups is 1. The van der Waals surface area contributed by atoms with Crippen LogP contribution in [0.5, 0.6) is 0 Å². The first-order chi connectivity index (χ1) is 6.75. The van der Waals surface area contributed by atoms with Crippen LogP contribution in [-0.2, 0) is 0 Å². The van der Waals surface area contributed by atoms with Gasteiger partial charge in [0.15, 0.2) is 5.84 Å². The lowest BCUT2D eigenvalue weighted by Crippen LogP contribution is -2.51. The maximum atomic E-state index is 5.76. The molecule has 0 atom stereocenters. The van der Waals surface area contributed by atoms with E-state index < -0.39 is 0 Å². The fourth-order valence-corrected chi connectivity index (χ4v) is 1.25. The molecule has 3 N–H and O–H groups in total. The third kappa shape index (κ3) is 1.94. The summed E-state index contributed by atoms with van der Waals surface area (Å²) in [6.45, 7) is 0. The Labute approximate surface area is 91.3 Å². The van der Waals surface area contributed by atoms with Gasteiger partial charge in [-0.15, -0.1) is 0 Å². The van der Waals surface area contributed by atoms with Crippen LogP contribution in [0.4, 0.5) is 0 Å². The predicted octanol–water partition coefficient (Wildman–Crippen LogP) is 0.984. The maximum absolute atomic E-state index is 5.76. The summed E-state index contributed by atoms with van der Waals surface area (Å²) in [6.07, 6.45) is 0. The lowest BCUT2D eigenvalue weighted by atomic mass is 10.2. The summed E-state index contributed by atoms with van der Waals surface area (Å²) < 4.78 is 0. The van der Waals surface area contributed by atoms with Crippen molar-refractivity contribution in [2.24, 2.45) is 5.10 Å². The highest BCUT2D eigenvalue weighted by Crippen LogP contribution is 2.09. The summed E-state index contributed by atoms with van der Waals surface area (Å²) in [5, 5.41) is 5.16. The minimum atomic E-state index is 0.447. The Bertz CT molecular complexity index is 387. The number of halogens is 1. The van der Waals surface area contributed by atoms with Gasteiger partial charge in [0.1, 0.15) is 0 Å². The Hall–Kier alpha value is -1.33. The van der Waals surface area contributed by atoms with Gasteiger partial charge in [0.25, 0.3) is 0 Å². The first-order valence-electron chi connectivity index (χ1n) is 3.91. The molecule has 1 aliphatic heterocycles. The molecule has 0 saturated heterocycles. The molecule has 1 heterocycles. The van der Waals surface area contributed by atoms with E-state index >= 15 is 0 Å². The lowest BCUT2D eigenvalue weighted by Gasteiger charge is -2.17. The van der Waals surface area contributed by atoms with Crippen molar-refractivity contribution < 1.29 is 0 Å². The Balaban J connectivity index is 2.23. The largest absolute Gasteiger partial charge is 0.280 e. The van der Waals surface area contributed by atoms with Gasteiger partial charge in [-0.1, -0.05) is 11.6 Å². The van der Waals surface area contributed by atoms with Crippen molar-refractivity contribution >= 4 is 34.8 Å². The molecule has 0 amide bonds. The minimum Gasteiger partial charge on any atom is -0.280 e. The highest BCUT2D eigenvalue weighted by molar-refractivity contribution is 7.80. The molecule has 14 heavy (non-hydrogen) atoms. The molecule has 0 aromatic heterocycles. The summed E-state index contributed by atoms with van der Waals surface area (Å²) in [4.78, 5) is 0. The molecule has 0 unspecified atom stereocenters. The lowest BCUT2D eigenvalue weighted by molar-refractivity contribution is 0.776. The minimum absolute atomic E-state index is 0.447. The second-order valence-electron chi connectivity index (χ2n) is 2.66. The van der Waals surface area contributed by atoms with Gasteiger partial charge in [-0.2, -0.15) is 5.10 Å². The third-order valence-corrected chi connectivity index (χ3v) is 2.13. The molecule has 6 heteroatoms. The van der Waals surface area contributed by atoms with Gasteiger partial charge in [-0.3, -0.25) is 16.3 Å². The van der Waals surface area contributed by atoms with Crippen LogP contribution < -0.4 is 16.3 Å². The molecule has 72 valence electrons. The average Bonchev–Trinajstić information content (AvgIpc) is 2.21. The molecule has 1 aliphatic rings. The SMILES string of the molecule is S=C1NN=C(c2ccc(Cl)cc2)NN1. The van der Waals surface area contributed by atoms with Crippen molar-refractivity contribution in [1.29, 1.82) is 0 Å². The van der Waals surface area contributed by atoms with Crippen molar-refractivity contribution in [3.05, 3.63) is 34.9 Å². The maximum Gasteiger partial charge on any atom is 0.205 e. The molecule has 0 saturated carbocycles. The van der Waals surface area contributed by atoms with Gasteiger partial charge in [0.2, 0.25) is 5.11 Å². The third-order valence-electron chi connectivity index (χ3n) is 1.68. The number of thiocarbonyl (C=S) groups is 1. The number of benzene rings is 1. The molecular weight excluding hydrogens is 220 g/mol. The zero-order chi connectivity index (χ0) is 9.97. The van der Waals surface area contributed by atoms with Crippen molar-refractivity contribution in [3.8, 4) is 0 Å². The fraction of sp³-hybridized carbons (Fsp3) is 0. The number of hydrazine groups is 1. The van der Waals surface area contributed by atoms with Gasteiger partial charge < -0.3 is 0 Å². The highest BCUT2D eigenvalue weighted by Gasteiger charge is 2.08. The van der Waals surface area contributed by atoms with Gasteiger partial charge in [0.05, 0.1) is 0 Å². The summed E-state index contributed by atoms with van der Waals surface area (Å²) in [6, 6.07) is 7.33. The van der Waals surface area contributed by atoms with Crippen LogP contribution in [-0.4, -0.2) is 10.9 Å². The summed E-state index contributed by atoms with van der Waals surface area (Å²) in [7, 11) is 0. The summed E-state index contributed by atoms with van der Waals surface area (Å²) in [5.74, 6) is 0.676. The molecule has 0 bridgehead atoms. The predicted molar refractivity (Wildman–Crippen MR) is 60.0 cm³/mol. The van der Waals surface area contributed by atoms with Crippen LogP contribution in [0.25, 0.3) is 0 Å². The zero-order valence-electron chi connectivity index (χ0n) is 7.04. The van der Waals surface area contributed by atoms with Crippen LogP contribution in [0, 0.1) is 0 Å². The second kappa shape index (κ2) is 3.81.